The second-order valence-corrected chi connectivity index (χ2v) is 3.97. The fourth-order valence-corrected chi connectivity index (χ4v) is 1.55. The van der Waals surface area contributed by atoms with Crippen molar-refractivity contribution in [3.8, 4) is 0 Å². The molecule has 2 N–H and O–H groups in total. The van der Waals surface area contributed by atoms with Crippen molar-refractivity contribution in [1.82, 2.24) is 14.8 Å². The molecule has 0 atom stereocenters. The Morgan fingerprint density at radius 1 is 1.71 bits per heavy atom. The molecule has 1 amide bonds. The largest absolute Gasteiger partial charge is 0.370 e. The number of rotatable bonds is 4. The smallest absolute Gasteiger partial charge is 0.219 e. The number of amides is 1. The normalized spacial score (nSPS) is 11.6. The summed E-state index contributed by atoms with van der Waals surface area (Å²) in [5.41, 5.74) is 4.72. The number of nitrogens with zero attached hydrogens (tertiary/aromatic N) is 3. The van der Waals surface area contributed by atoms with E-state index in [0.717, 1.165) is 0 Å². The van der Waals surface area contributed by atoms with Gasteiger partial charge in [-0.2, -0.15) is 0 Å². The summed E-state index contributed by atoms with van der Waals surface area (Å²) in [7, 11) is 0. The van der Waals surface area contributed by atoms with Crippen molar-refractivity contribution in [2.75, 3.05) is 0 Å². The monoisotopic (exact) mass is 216 g/mol. The van der Waals surface area contributed by atoms with Gasteiger partial charge in [0.1, 0.15) is 12.2 Å². The van der Waals surface area contributed by atoms with Crippen LogP contribution in [0.1, 0.15) is 26.1 Å². The molecule has 0 fully saturated rings. The number of aromatic nitrogens is 3. The molecule has 1 aromatic heterocycles. The van der Waals surface area contributed by atoms with Gasteiger partial charge in [-0.25, -0.2) is 0 Å². The summed E-state index contributed by atoms with van der Waals surface area (Å²) >= 11 is 5.68. The first kappa shape index (κ1) is 11.0. The molecule has 0 saturated heterocycles. The van der Waals surface area contributed by atoms with E-state index in [1.165, 1.54) is 0 Å². The number of primary amides is 1. The number of nitrogens with two attached hydrogens (primary N) is 1. The van der Waals surface area contributed by atoms with Crippen molar-refractivity contribution < 1.29 is 4.79 Å². The molecule has 0 radical (unpaired) electrons. The van der Waals surface area contributed by atoms with E-state index in [0.29, 0.717) is 5.82 Å². The van der Waals surface area contributed by atoms with Gasteiger partial charge < -0.3 is 10.3 Å². The van der Waals surface area contributed by atoms with Gasteiger partial charge in [-0.15, -0.1) is 21.8 Å². The molecule has 6 heteroatoms. The Balaban J connectivity index is 2.96. The minimum Gasteiger partial charge on any atom is -0.370 e. The predicted molar refractivity (Wildman–Crippen MR) is 52.7 cm³/mol. The quantitative estimate of drug-likeness (QED) is 0.751. The first-order valence-corrected chi connectivity index (χ1v) is 4.74. The van der Waals surface area contributed by atoms with E-state index in [1.807, 2.05) is 13.8 Å². The lowest BCUT2D eigenvalue weighted by Gasteiger charge is -2.25. The summed E-state index contributed by atoms with van der Waals surface area (Å²) in [5, 5.41) is 7.58. The van der Waals surface area contributed by atoms with Gasteiger partial charge in [-0.3, -0.25) is 4.79 Å². The molecule has 1 rings (SSSR count). The predicted octanol–water partition coefficient (Wildman–Crippen LogP) is 0.627. The van der Waals surface area contributed by atoms with Gasteiger partial charge in [-0.05, 0) is 13.8 Å². The second-order valence-electron chi connectivity index (χ2n) is 3.71. The Kier molecular flexibility index (Phi) is 3.10. The van der Waals surface area contributed by atoms with Crippen LogP contribution in [0.5, 0.6) is 0 Å². The third-order valence-corrected chi connectivity index (χ3v) is 2.24. The molecule has 0 aromatic carbocycles. The highest BCUT2D eigenvalue weighted by atomic mass is 35.5. The van der Waals surface area contributed by atoms with E-state index in [1.54, 1.807) is 10.9 Å². The van der Waals surface area contributed by atoms with Gasteiger partial charge in [0.05, 0.1) is 11.4 Å². The highest BCUT2D eigenvalue weighted by Gasteiger charge is 2.25. The zero-order valence-corrected chi connectivity index (χ0v) is 8.95. The lowest BCUT2D eigenvalue weighted by atomic mass is 10.00. The van der Waals surface area contributed by atoms with Crippen molar-refractivity contribution >= 4 is 17.5 Å². The molecule has 0 aliphatic heterocycles. The Hall–Kier alpha value is -1.10. The van der Waals surface area contributed by atoms with Crippen LogP contribution in [0.4, 0.5) is 0 Å². The molecular formula is C8H13ClN4O. The molecule has 0 aliphatic rings. The number of carbonyl (C=O) groups excluding carboxylic acids is 1. The fraction of sp³-hybridized carbons (Fsp3) is 0.625. The molecule has 0 saturated carbocycles. The van der Waals surface area contributed by atoms with E-state index < -0.39 is 5.54 Å². The maximum Gasteiger partial charge on any atom is 0.219 e. The lowest BCUT2D eigenvalue weighted by molar-refractivity contribution is -0.119. The number of carbonyl (C=O) groups is 1. The summed E-state index contributed by atoms with van der Waals surface area (Å²) in [6.45, 7) is 3.77. The van der Waals surface area contributed by atoms with Crippen LogP contribution in [0.3, 0.4) is 0 Å². The topological polar surface area (TPSA) is 73.8 Å². The van der Waals surface area contributed by atoms with Gasteiger partial charge in [0.15, 0.2) is 0 Å². The van der Waals surface area contributed by atoms with Crippen molar-refractivity contribution in [1.29, 1.82) is 0 Å². The summed E-state index contributed by atoms with van der Waals surface area (Å²) in [5.74, 6) is 0.546. The lowest BCUT2D eigenvalue weighted by Crippen LogP contribution is -2.32. The first-order valence-electron chi connectivity index (χ1n) is 4.21. The zero-order valence-electron chi connectivity index (χ0n) is 8.20. The maximum absolute atomic E-state index is 10.8. The zero-order chi connectivity index (χ0) is 10.8. The third kappa shape index (κ3) is 2.23. The Morgan fingerprint density at radius 3 is 2.86 bits per heavy atom. The van der Waals surface area contributed by atoms with Crippen LogP contribution in [0, 0.1) is 0 Å². The fourth-order valence-electron chi connectivity index (χ4n) is 1.37. The summed E-state index contributed by atoms with van der Waals surface area (Å²) in [6.07, 6.45) is 1.79. The van der Waals surface area contributed by atoms with Crippen LogP contribution in [-0.2, 0) is 16.2 Å². The molecule has 0 unspecified atom stereocenters. The summed E-state index contributed by atoms with van der Waals surface area (Å²) in [6, 6.07) is 0. The Morgan fingerprint density at radius 2 is 2.36 bits per heavy atom. The van der Waals surface area contributed by atoms with E-state index in [4.69, 9.17) is 17.3 Å². The number of hydrogen-bond donors (Lipinski definition) is 1. The van der Waals surface area contributed by atoms with Crippen LogP contribution in [0.15, 0.2) is 6.33 Å². The average Bonchev–Trinajstić information content (AvgIpc) is 2.48. The molecule has 1 aromatic rings. The standard InChI is InChI=1S/C8H13ClN4O/c1-8(2,3-6(10)14)13-5-11-12-7(13)4-9/h5H,3-4H2,1-2H3,(H2,10,14). The van der Waals surface area contributed by atoms with Crippen LogP contribution < -0.4 is 5.73 Å². The van der Waals surface area contributed by atoms with Gasteiger partial charge in [0.25, 0.3) is 0 Å². The SMILES string of the molecule is CC(C)(CC(N)=O)n1cnnc1CCl. The molecule has 5 nitrogen and oxygen atoms in total. The third-order valence-electron chi connectivity index (χ3n) is 2.00. The van der Waals surface area contributed by atoms with Crippen LogP contribution >= 0.6 is 11.6 Å². The maximum atomic E-state index is 10.8. The number of hydrogen-bond acceptors (Lipinski definition) is 3. The van der Waals surface area contributed by atoms with Gasteiger partial charge in [0, 0.05) is 6.42 Å². The minimum absolute atomic E-state index is 0.231. The summed E-state index contributed by atoms with van der Waals surface area (Å²) < 4.78 is 1.77. The first-order chi connectivity index (χ1) is 6.47. The van der Waals surface area contributed by atoms with E-state index in [-0.39, 0.29) is 18.2 Å². The highest BCUT2D eigenvalue weighted by Crippen LogP contribution is 2.21. The molecular weight excluding hydrogens is 204 g/mol. The Bertz CT molecular complexity index is 334. The van der Waals surface area contributed by atoms with Crippen LogP contribution in [0.2, 0.25) is 0 Å². The van der Waals surface area contributed by atoms with Crippen LogP contribution in [-0.4, -0.2) is 20.7 Å². The summed E-state index contributed by atoms with van der Waals surface area (Å²) in [4.78, 5) is 10.8. The van der Waals surface area contributed by atoms with Crippen LogP contribution in [0.25, 0.3) is 0 Å². The van der Waals surface area contributed by atoms with Crippen molar-refractivity contribution in [3.63, 3.8) is 0 Å². The number of halogens is 1. The average molecular weight is 217 g/mol. The van der Waals surface area contributed by atoms with E-state index >= 15 is 0 Å². The van der Waals surface area contributed by atoms with Crippen molar-refractivity contribution in [2.45, 2.75) is 31.7 Å². The molecule has 1 heterocycles. The molecule has 78 valence electrons. The van der Waals surface area contributed by atoms with Gasteiger partial charge in [0.2, 0.25) is 5.91 Å². The molecule has 0 aliphatic carbocycles. The molecule has 14 heavy (non-hydrogen) atoms. The number of alkyl halides is 1. The molecule has 0 bridgehead atoms. The van der Waals surface area contributed by atoms with Crippen molar-refractivity contribution in [2.24, 2.45) is 5.73 Å². The van der Waals surface area contributed by atoms with Crippen molar-refractivity contribution in [3.05, 3.63) is 12.2 Å². The van der Waals surface area contributed by atoms with Gasteiger partial charge in [-0.1, -0.05) is 0 Å². The minimum atomic E-state index is -0.431. The molecule has 0 spiro atoms. The van der Waals surface area contributed by atoms with E-state index in [9.17, 15) is 4.79 Å². The Labute approximate surface area is 87.3 Å². The van der Waals surface area contributed by atoms with Gasteiger partial charge >= 0.3 is 0 Å². The second kappa shape index (κ2) is 3.96. The highest BCUT2D eigenvalue weighted by molar-refractivity contribution is 6.16. The van der Waals surface area contributed by atoms with E-state index in [2.05, 4.69) is 10.2 Å².